The zero-order valence-electron chi connectivity index (χ0n) is 8.85. The molecule has 1 rings (SSSR count). The largest absolute Gasteiger partial charge is 0.270 e. The molecular weight excluding hydrogens is 182 g/mol. The fraction of sp³-hybridized carbons (Fsp3) is 0.500. The minimum atomic E-state index is -2.73. The summed E-state index contributed by atoms with van der Waals surface area (Å²) in [5.41, 5.74) is 1.21. The molecule has 0 N–H and O–H groups in total. The maximum atomic E-state index is 12.9. The lowest BCUT2D eigenvalue weighted by molar-refractivity contribution is 0.0174. The first-order valence-corrected chi connectivity index (χ1v) is 4.93. The molecule has 0 aliphatic rings. The zero-order chi connectivity index (χ0) is 10.8. The van der Waals surface area contributed by atoms with Gasteiger partial charge in [-0.1, -0.05) is 38.1 Å². The highest BCUT2D eigenvalue weighted by Crippen LogP contribution is 2.28. The summed E-state index contributed by atoms with van der Waals surface area (Å²) in [4.78, 5) is 0. The summed E-state index contributed by atoms with van der Waals surface area (Å²) >= 11 is 0. The molecule has 0 saturated carbocycles. The van der Waals surface area contributed by atoms with Crippen molar-refractivity contribution >= 4 is 0 Å². The Kier molecular flexibility index (Phi) is 3.25. The van der Waals surface area contributed by atoms with Crippen molar-refractivity contribution in [2.75, 3.05) is 0 Å². The minimum Gasteiger partial charge on any atom is -0.202 e. The Hall–Kier alpha value is -0.920. The van der Waals surface area contributed by atoms with Crippen molar-refractivity contribution in [2.24, 2.45) is 0 Å². The molecule has 1 aromatic rings. The lowest BCUT2D eigenvalue weighted by Gasteiger charge is -2.13. The zero-order valence-corrected chi connectivity index (χ0v) is 8.85. The van der Waals surface area contributed by atoms with Crippen LogP contribution in [0.4, 0.5) is 8.78 Å². The van der Waals surface area contributed by atoms with E-state index in [4.69, 9.17) is 0 Å². The maximum absolute atomic E-state index is 12.9. The van der Waals surface area contributed by atoms with E-state index in [0.29, 0.717) is 5.92 Å². The molecule has 0 radical (unpaired) electrons. The first-order valence-electron chi connectivity index (χ1n) is 4.93. The summed E-state index contributed by atoms with van der Waals surface area (Å²) in [6.45, 7) is 5.11. The van der Waals surface area contributed by atoms with Crippen LogP contribution in [0.5, 0.6) is 0 Å². The van der Waals surface area contributed by atoms with Crippen LogP contribution < -0.4 is 0 Å². The van der Waals surface area contributed by atoms with E-state index in [2.05, 4.69) is 13.8 Å². The molecule has 1 aromatic carbocycles. The summed E-state index contributed by atoms with van der Waals surface area (Å²) in [7, 11) is 0. The van der Waals surface area contributed by atoms with E-state index >= 15 is 0 Å². The van der Waals surface area contributed by atoms with Gasteiger partial charge in [0.05, 0.1) is 0 Å². The van der Waals surface area contributed by atoms with E-state index in [1.807, 2.05) is 0 Å². The lowest BCUT2D eigenvalue weighted by atomic mass is 9.97. The van der Waals surface area contributed by atoms with Gasteiger partial charge in [0.2, 0.25) is 0 Å². The molecule has 0 aliphatic heterocycles. The van der Waals surface area contributed by atoms with Crippen LogP contribution in [0.25, 0.3) is 0 Å². The van der Waals surface area contributed by atoms with Gasteiger partial charge in [0.1, 0.15) is 0 Å². The van der Waals surface area contributed by atoms with Gasteiger partial charge >= 0.3 is 0 Å². The third-order valence-electron chi connectivity index (χ3n) is 2.60. The monoisotopic (exact) mass is 198 g/mol. The van der Waals surface area contributed by atoms with Crippen LogP contribution in [-0.2, 0) is 5.92 Å². The average Bonchev–Trinajstić information content (AvgIpc) is 2.15. The van der Waals surface area contributed by atoms with Gasteiger partial charge in [-0.2, -0.15) is 0 Å². The molecule has 0 nitrogen and oxygen atoms in total. The molecule has 0 saturated heterocycles. The van der Waals surface area contributed by atoms with Crippen LogP contribution in [0.15, 0.2) is 24.3 Å². The second kappa shape index (κ2) is 4.07. The van der Waals surface area contributed by atoms with Gasteiger partial charge in [-0.3, -0.25) is 0 Å². The number of rotatable bonds is 3. The highest BCUT2D eigenvalue weighted by Gasteiger charge is 2.23. The second-order valence-corrected chi connectivity index (χ2v) is 3.82. The number of hydrogen-bond acceptors (Lipinski definition) is 0. The molecule has 14 heavy (non-hydrogen) atoms. The van der Waals surface area contributed by atoms with Gasteiger partial charge in [0, 0.05) is 12.5 Å². The van der Waals surface area contributed by atoms with Crippen LogP contribution in [0.1, 0.15) is 44.2 Å². The molecule has 2 heteroatoms. The number of hydrogen-bond donors (Lipinski definition) is 0. The lowest BCUT2D eigenvalue weighted by Crippen LogP contribution is -2.06. The molecule has 1 atom stereocenters. The minimum absolute atomic E-state index is 0.0875. The molecule has 0 amide bonds. The van der Waals surface area contributed by atoms with Crippen LogP contribution in [0.2, 0.25) is 0 Å². The smallest absolute Gasteiger partial charge is 0.202 e. The quantitative estimate of drug-likeness (QED) is 0.678. The van der Waals surface area contributed by atoms with Gasteiger partial charge in [-0.15, -0.1) is 0 Å². The molecule has 78 valence electrons. The van der Waals surface area contributed by atoms with Crippen LogP contribution in [0.3, 0.4) is 0 Å². The highest BCUT2D eigenvalue weighted by atomic mass is 19.3. The second-order valence-electron chi connectivity index (χ2n) is 3.82. The summed E-state index contributed by atoms with van der Waals surface area (Å²) in [6, 6.07) is 6.62. The van der Waals surface area contributed by atoms with Gasteiger partial charge < -0.3 is 0 Å². The summed E-state index contributed by atoms with van der Waals surface area (Å²) in [6.07, 6.45) is 1.03. The van der Waals surface area contributed by atoms with Crippen LogP contribution >= 0.6 is 0 Å². The Morgan fingerprint density at radius 3 is 2.07 bits per heavy atom. The normalized spacial score (nSPS) is 14.1. The number of alkyl halides is 2. The Labute approximate surface area is 84.0 Å². The Balaban J connectivity index is 2.89. The Morgan fingerprint density at radius 1 is 1.21 bits per heavy atom. The van der Waals surface area contributed by atoms with Gasteiger partial charge in [-0.25, -0.2) is 8.78 Å². The van der Waals surface area contributed by atoms with Crippen LogP contribution in [-0.4, -0.2) is 0 Å². The van der Waals surface area contributed by atoms with Crippen LogP contribution in [0, 0.1) is 0 Å². The first-order chi connectivity index (χ1) is 6.45. The predicted octanol–water partition coefficient (Wildman–Crippen LogP) is 4.31. The number of halogens is 2. The average molecular weight is 198 g/mol. The maximum Gasteiger partial charge on any atom is 0.270 e. The van der Waals surface area contributed by atoms with Crippen molar-refractivity contribution in [1.82, 2.24) is 0 Å². The van der Waals surface area contributed by atoms with E-state index in [-0.39, 0.29) is 5.56 Å². The van der Waals surface area contributed by atoms with Crippen molar-refractivity contribution in [3.8, 4) is 0 Å². The molecule has 1 unspecified atom stereocenters. The van der Waals surface area contributed by atoms with E-state index in [1.165, 1.54) is 12.1 Å². The predicted molar refractivity (Wildman–Crippen MR) is 54.7 cm³/mol. The first kappa shape index (κ1) is 11.2. The molecule has 0 bridgehead atoms. The third kappa shape index (κ3) is 2.53. The van der Waals surface area contributed by atoms with E-state index in [1.54, 1.807) is 12.1 Å². The SMILES string of the molecule is CCC(C)c1ccc(C(C)(F)F)cc1. The summed E-state index contributed by atoms with van der Waals surface area (Å²) in [5.74, 6) is -2.29. The molecular formula is C12H16F2. The van der Waals surface area contributed by atoms with Gasteiger partial charge in [0.25, 0.3) is 5.92 Å². The van der Waals surface area contributed by atoms with Gasteiger partial charge in [-0.05, 0) is 17.9 Å². The highest BCUT2D eigenvalue weighted by molar-refractivity contribution is 5.27. The van der Waals surface area contributed by atoms with Crippen molar-refractivity contribution in [2.45, 2.75) is 39.0 Å². The topological polar surface area (TPSA) is 0 Å². The van der Waals surface area contributed by atoms with Gasteiger partial charge in [0.15, 0.2) is 0 Å². The fourth-order valence-electron chi connectivity index (χ4n) is 1.34. The standard InChI is InChI=1S/C12H16F2/c1-4-9(2)10-5-7-11(8-6-10)12(3,13)14/h5-9H,4H2,1-3H3. The van der Waals surface area contributed by atoms with E-state index in [9.17, 15) is 8.78 Å². The summed E-state index contributed by atoms with van der Waals surface area (Å²) in [5, 5.41) is 0. The van der Waals surface area contributed by atoms with E-state index < -0.39 is 5.92 Å². The van der Waals surface area contributed by atoms with Crippen molar-refractivity contribution < 1.29 is 8.78 Å². The Bertz CT molecular complexity index is 282. The van der Waals surface area contributed by atoms with Crippen molar-refractivity contribution in [1.29, 1.82) is 0 Å². The van der Waals surface area contributed by atoms with Crippen molar-refractivity contribution in [3.63, 3.8) is 0 Å². The summed E-state index contributed by atoms with van der Waals surface area (Å²) < 4.78 is 25.7. The molecule has 0 spiro atoms. The number of benzene rings is 1. The molecule has 0 heterocycles. The molecule has 0 fully saturated rings. The fourth-order valence-corrected chi connectivity index (χ4v) is 1.34. The Morgan fingerprint density at radius 2 is 1.71 bits per heavy atom. The molecule has 0 aliphatic carbocycles. The third-order valence-corrected chi connectivity index (χ3v) is 2.60. The molecule has 0 aromatic heterocycles. The van der Waals surface area contributed by atoms with Crippen molar-refractivity contribution in [3.05, 3.63) is 35.4 Å². The van der Waals surface area contributed by atoms with E-state index in [0.717, 1.165) is 18.9 Å².